The fourth-order valence-corrected chi connectivity index (χ4v) is 4.64. The summed E-state index contributed by atoms with van der Waals surface area (Å²) < 4.78 is 15.7. The van der Waals surface area contributed by atoms with Gasteiger partial charge in [-0.3, -0.25) is 0 Å². The van der Waals surface area contributed by atoms with E-state index in [4.69, 9.17) is 24.2 Å². The summed E-state index contributed by atoms with van der Waals surface area (Å²) in [4.78, 5) is 21.1. The fourth-order valence-electron chi connectivity index (χ4n) is 3.02. The number of hydrogen-bond donors (Lipinski definition) is 0. The van der Waals surface area contributed by atoms with Crippen molar-refractivity contribution in [1.82, 2.24) is 9.97 Å². The lowest BCUT2D eigenvalue weighted by atomic mass is 10.0. The number of methoxy groups -OCH3 is 3. The lowest BCUT2D eigenvalue weighted by Crippen LogP contribution is -2.21. The van der Waals surface area contributed by atoms with Gasteiger partial charge in [0, 0.05) is 23.8 Å². The van der Waals surface area contributed by atoms with E-state index in [1.165, 1.54) is 20.3 Å². The third-order valence-corrected chi connectivity index (χ3v) is 6.90. The van der Waals surface area contributed by atoms with Gasteiger partial charge in [0.1, 0.15) is 21.5 Å². The Morgan fingerprint density at radius 1 is 1.09 bits per heavy atom. The van der Waals surface area contributed by atoms with Crippen molar-refractivity contribution in [1.29, 1.82) is 0 Å². The molecule has 2 atom stereocenters. The number of rotatable bonds is 12. The average molecular weight is 503 g/mol. The molecule has 0 saturated carbocycles. The quantitative estimate of drug-likeness (QED) is 0.140. The zero-order valence-corrected chi connectivity index (χ0v) is 22.5. The van der Waals surface area contributed by atoms with Crippen LogP contribution in [-0.2, 0) is 19.0 Å². The van der Waals surface area contributed by atoms with E-state index >= 15 is 0 Å². The van der Waals surface area contributed by atoms with Crippen molar-refractivity contribution in [3.63, 3.8) is 0 Å². The highest BCUT2D eigenvalue weighted by Crippen LogP contribution is 2.29. The fraction of sp³-hybridized carbons (Fsp3) is 0.423. The Morgan fingerprint density at radius 3 is 2.50 bits per heavy atom. The Labute approximate surface area is 210 Å². The Bertz CT molecular complexity index is 1050. The van der Waals surface area contributed by atoms with Gasteiger partial charge in [-0.15, -0.1) is 22.7 Å². The minimum Gasteiger partial charge on any atom is -0.500 e. The van der Waals surface area contributed by atoms with Gasteiger partial charge in [-0.05, 0) is 30.9 Å². The van der Waals surface area contributed by atoms with Crippen LogP contribution in [0.4, 0.5) is 0 Å². The van der Waals surface area contributed by atoms with Crippen LogP contribution in [0.5, 0.6) is 0 Å². The maximum Gasteiger partial charge on any atom is 0.333 e. The Kier molecular flexibility index (Phi) is 11.4. The van der Waals surface area contributed by atoms with Crippen molar-refractivity contribution in [2.75, 3.05) is 21.3 Å². The van der Waals surface area contributed by atoms with Gasteiger partial charge in [-0.25, -0.2) is 14.8 Å². The van der Waals surface area contributed by atoms with Gasteiger partial charge < -0.3 is 14.2 Å². The first-order valence-electron chi connectivity index (χ1n) is 11.1. The van der Waals surface area contributed by atoms with E-state index in [-0.39, 0.29) is 12.0 Å². The van der Waals surface area contributed by atoms with Crippen molar-refractivity contribution in [3.05, 3.63) is 57.6 Å². The van der Waals surface area contributed by atoms with Crippen LogP contribution in [0.15, 0.2) is 46.9 Å². The van der Waals surface area contributed by atoms with Crippen LogP contribution < -0.4 is 0 Å². The molecule has 0 bridgehead atoms. The first-order chi connectivity index (χ1) is 16.3. The summed E-state index contributed by atoms with van der Waals surface area (Å²) in [5.41, 5.74) is 2.84. The van der Waals surface area contributed by atoms with Crippen molar-refractivity contribution in [2.24, 2.45) is 11.8 Å². The van der Waals surface area contributed by atoms with Crippen LogP contribution in [0.25, 0.3) is 22.4 Å². The number of thiazole rings is 2. The molecule has 184 valence electrons. The third-order valence-electron chi connectivity index (χ3n) is 5.04. The van der Waals surface area contributed by atoms with Crippen LogP contribution in [0, 0.1) is 11.8 Å². The van der Waals surface area contributed by atoms with Crippen LogP contribution in [0.2, 0.25) is 0 Å². The normalized spacial score (nSPS) is 14.8. The van der Waals surface area contributed by atoms with Crippen LogP contribution in [-0.4, -0.2) is 43.4 Å². The van der Waals surface area contributed by atoms with E-state index in [9.17, 15) is 4.79 Å². The number of carbonyl (C=O) groups is 1. The molecule has 0 aliphatic heterocycles. The number of aromatic nitrogens is 2. The molecule has 0 aliphatic carbocycles. The van der Waals surface area contributed by atoms with Gasteiger partial charge in [0.05, 0.1) is 32.1 Å². The predicted octanol–water partition coefficient (Wildman–Crippen LogP) is 6.64. The molecule has 0 aromatic carbocycles. The highest BCUT2D eigenvalue weighted by atomic mass is 32.1. The van der Waals surface area contributed by atoms with E-state index in [2.05, 4.69) is 39.0 Å². The molecule has 0 saturated heterocycles. The van der Waals surface area contributed by atoms with Gasteiger partial charge in [0.2, 0.25) is 0 Å². The average Bonchev–Trinajstić information content (AvgIpc) is 3.50. The zero-order valence-electron chi connectivity index (χ0n) is 20.9. The summed E-state index contributed by atoms with van der Waals surface area (Å²) >= 11 is 3.17. The highest BCUT2D eigenvalue weighted by Gasteiger charge is 2.20. The molecule has 6 nitrogen and oxygen atoms in total. The summed E-state index contributed by atoms with van der Waals surface area (Å²) in [6.07, 6.45) is 12.3. The topological polar surface area (TPSA) is 70.5 Å². The first-order valence-corrected chi connectivity index (χ1v) is 12.8. The Hall–Kier alpha value is -2.55. The molecule has 2 aromatic rings. The Balaban J connectivity index is 2.10. The summed E-state index contributed by atoms with van der Waals surface area (Å²) in [6.45, 7) is 8.42. The van der Waals surface area contributed by atoms with E-state index < -0.39 is 5.97 Å². The third kappa shape index (κ3) is 8.34. The molecule has 0 radical (unpaired) electrons. The van der Waals surface area contributed by atoms with E-state index in [0.717, 1.165) is 33.4 Å². The van der Waals surface area contributed by atoms with Gasteiger partial charge in [-0.2, -0.15) is 0 Å². The summed E-state index contributed by atoms with van der Waals surface area (Å²) in [5.74, 6) is 0.491. The van der Waals surface area contributed by atoms with Crippen molar-refractivity contribution in [3.8, 4) is 10.7 Å². The van der Waals surface area contributed by atoms with Crippen molar-refractivity contribution < 1.29 is 19.0 Å². The summed E-state index contributed by atoms with van der Waals surface area (Å²) in [5, 5.41) is 5.89. The minimum absolute atomic E-state index is 0.186. The predicted molar refractivity (Wildman–Crippen MR) is 142 cm³/mol. The monoisotopic (exact) mass is 502 g/mol. The Morgan fingerprint density at radius 2 is 1.85 bits per heavy atom. The second-order valence-electron chi connectivity index (χ2n) is 8.14. The number of allylic oxidation sites excluding steroid dienone is 4. The van der Waals surface area contributed by atoms with Gasteiger partial charge >= 0.3 is 5.97 Å². The highest BCUT2D eigenvalue weighted by molar-refractivity contribution is 7.14. The first kappa shape index (κ1) is 27.7. The smallest absolute Gasteiger partial charge is 0.333 e. The van der Waals surface area contributed by atoms with E-state index in [1.54, 1.807) is 29.8 Å². The molecule has 2 aromatic heterocycles. The molecule has 0 aliphatic rings. The molecular formula is C26H34N2O4S2. The molecule has 0 fully saturated rings. The number of ether oxygens (including phenoxy) is 3. The number of carbonyl (C=O) groups excluding carboxylic acids is 1. The van der Waals surface area contributed by atoms with Crippen molar-refractivity contribution >= 4 is 40.3 Å². The molecule has 2 rings (SSSR count). The largest absolute Gasteiger partial charge is 0.500 e. The van der Waals surface area contributed by atoms with Gasteiger partial charge in [0.25, 0.3) is 0 Å². The molecule has 0 spiro atoms. The van der Waals surface area contributed by atoms with Crippen LogP contribution in [0.1, 0.15) is 44.8 Å². The number of esters is 1. The lowest BCUT2D eigenvalue weighted by molar-refractivity contribution is -0.135. The SMILES string of the molecule is COC(=O)/C=C(/OC)[C@H](C)[C@H](/C=C/c1csc(-c2csc(/C(C)=C/C=C/CC(C)C)n2)n1)OC. The van der Waals surface area contributed by atoms with Gasteiger partial charge in [-0.1, -0.05) is 45.1 Å². The van der Waals surface area contributed by atoms with E-state index in [0.29, 0.717) is 11.7 Å². The van der Waals surface area contributed by atoms with Crippen molar-refractivity contribution in [2.45, 2.75) is 40.2 Å². The minimum atomic E-state index is -0.467. The van der Waals surface area contributed by atoms with Crippen LogP contribution in [0.3, 0.4) is 0 Å². The second kappa shape index (κ2) is 14.0. The molecule has 0 N–H and O–H groups in total. The standard InChI is InChI=1S/C26H34N2O4S2/c1-17(2)10-8-9-11-18(3)25-28-21(16-34-25)26-27-20(15-33-26)12-13-22(30-5)19(4)23(31-6)14-24(29)32-7/h8-9,11-17,19,22H,10H2,1-7H3/b9-8+,13-12+,18-11+,23-14+/t19-,22+/m1/s1. The second-order valence-corrected chi connectivity index (χ2v) is 9.86. The summed E-state index contributed by atoms with van der Waals surface area (Å²) in [6, 6.07) is 0. The number of hydrogen-bond acceptors (Lipinski definition) is 8. The number of nitrogens with zero attached hydrogens (tertiary/aromatic N) is 2. The molecule has 0 amide bonds. The molecular weight excluding hydrogens is 468 g/mol. The molecule has 34 heavy (non-hydrogen) atoms. The molecule has 8 heteroatoms. The van der Waals surface area contributed by atoms with Crippen LogP contribution >= 0.6 is 22.7 Å². The van der Waals surface area contributed by atoms with E-state index in [1.807, 2.05) is 29.8 Å². The summed E-state index contributed by atoms with van der Waals surface area (Å²) in [7, 11) is 4.47. The zero-order chi connectivity index (χ0) is 25.1. The maximum absolute atomic E-state index is 11.6. The molecule has 0 unspecified atom stereocenters. The molecule has 2 heterocycles. The van der Waals surface area contributed by atoms with Gasteiger partial charge in [0.15, 0.2) is 0 Å². The maximum atomic E-state index is 11.6. The lowest BCUT2D eigenvalue weighted by Gasteiger charge is -2.21.